The largest absolute Gasteiger partial charge is 0.508 e. The van der Waals surface area contributed by atoms with E-state index in [-0.39, 0.29) is 11.3 Å². The first-order valence-electron chi connectivity index (χ1n) is 7.14. The number of rotatable bonds is 4. The van der Waals surface area contributed by atoms with E-state index >= 15 is 0 Å². The van der Waals surface area contributed by atoms with Gasteiger partial charge in [0.05, 0.1) is 0 Å². The number of aromatic nitrogens is 1. The van der Waals surface area contributed by atoms with Crippen molar-refractivity contribution >= 4 is 16.8 Å². The number of aromatic amines is 1. The second kappa shape index (κ2) is 5.92. The molecule has 1 aromatic heterocycles. The van der Waals surface area contributed by atoms with Crippen LogP contribution in [0.15, 0.2) is 42.6 Å². The van der Waals surface area contributed by atoms with E-state index in [4.69, 9.17) is 0 Å². The number of hydrogen-bond acceptors (Lipinski definition) is 4. The number of benzene rings is 2. The van der Waals surface area contributed by atoms with Gasteiger partial charge in [-0.1, -0.05) is 18.2 Å². The van der Waals surface area contributed by atoms with Gasteiger partial charge in [-0.05, 0) is 18.1 Å². The molecule has 1 amide bonds. The molecule has 0 aliphatic heterocycles. The van der Waals surface area contributed by atoms with E-state index in [9.17, 15) is 20.1 Å². The molecular formula is C17H16N2O4. The fourth-order valence-corrected chi connectivity index (χ4v) is 2.57. The molecule has 0 saturated heterocycles. The van der Waals surface area contributed by atoms with Crippen molar-refractivity contribution < 1.29 is 20.1 Å². The predicted octanol–water partition coefficient (Wildman–Crippen LogP) is 2.26. The molecule has 0 fully saturated rings. The van der Waals surface area contributed by atoms with Gasteiger partial charge in [0, 0.05) is 35.8 Å². The van der Waals surface area contributed by atoms with Crippen LogP contribution in [-0.4, -0.2) is 32.8 Å². The van der Waals surface area contributed by atoms with E-state index in [1.54, 1.807) is 0 Å². The Morgan fingerprint density at radius 1 is 1.09 bits per heavy atom. The van der Waals surface area contributed by atoms with Crippen molar-refractivity contribution in [2.45, 2.75) is 6.42 Å². The topological polar surface area (TPSA) is 106 Å². The van der Waals surface area contributed by atoms with Gasteiger partial charge >= 0.3 is 0 Å². The Kier molecular flexibility index (Phi) is 3.80. The lowest BCUT2D eigenvalue weighted by Crippen LogP contribution is -2.25. The quantitative estimate of drug-likeness (QED) is 0.509. The van der Waals surface area contributed by atoms with Gasteiger partial charge in [-0.3, -0.25) is 4.79 Å². The van der Waals surface area contributed by atoms with Crippen molar-refractivity contribution in [3.8, 4) is 17.2 Å². The van der Waals surface area contributed by atoms with Crippen molar-refractivity contribution in [3.05, 3.63) is 53.7 Å². The van der Waals surface area contributed by atoms with Crippen LogP contribution in [0.2, 0.25) is 0 Å². The molecule has 6 nitrogen and oxygen atoms in total. The Balaban J connectivity index is 1.68. The molecular weight excluding hydrogens is 296 g/mol. The Bertz CT molecular complexity index is 847. The summed E-state index contributed by atoms with van der Waals surface area (Å²) in [6.45, 7) is 0.348. The van der Waals surface area contributed by atoms with Gasteiger partial charge in [-0.2, -0.15) is 0 Å². The van der Waals surface area contributed by atoms with E-state index in [1.165, 1.54) is 0 Å². The number of nitrogens with one attached hydrogen (secondary N) is 2. The van der Waals surface area contributed by atoms with Crippen LogP contribution < -0.4 is 5.32 Å². The van der Waals surface area contributed by atoms with Crippen LogP contribution in [0.4, 0.5) is 0 Å². The molecule has 1 heterocycles. The van der Waals surface area contributed by atoms with Crippen LogP contribution in [0.25, 0.3) is 10.9 Å². The molecule has 23 heavy (non-hydrogen) atoms. The lowest BCUT2D eigenvalue weighted by Gasteiger charge is -2.09. The summed E-state index contributed by atoms with van der Waals surface area (Å²) >= 11 is 0. The zero-order valence-electron chi connectivity index (χ0n) is 12.2. The van der Waals surface area contributed by atoms with Crippen LogP contribution >= 0.6 is 0 Å². The second-order valence-corrected chi connectivity index (χ2v) is 5.22. The number of hydrogen-bond donors (Lipinski definition) is 5. The van der Waals surface area contributed by atoms with Gasteiger partial charge in [0.15, 0.2) is 0 Å². The monoisotopic (exact) mass is 312 g/mol. The molecule has 3 aromatic rings. The lowest BCUT2D eigenvalue weighted by atomic mass is 10.1. The zero-order chi connectivity index (χ0) is 16.4. The van der Waals surface area contributed by atoms with Crippen LogP contribution in [-0.2, 0) is 6.42 Å². The minimum absolute atomic E-state index is 0.248. The first-order valence-corrected chi connectivity index (χ1v) is 7.14. The SMILES string of the molecule is O=C(NCCc1c[nH]c2ccccc12)c1c(O)cc(O)cc1O. The van der Waals surface area contributed by atoms with Gasteiger partial charge in [0.1, 0.15) is 22.8 Å². The molecule has 0 spiro atoms. The number of phenolic OH excluding ortho intramolecular Hbond substituents is 3. The van der Waals surface area contributed by atoms with Crippen molar-refractivity contribution in [2.75, 3.05) is 6.54 Å². The number of carbonyl (C=O) groups is 1. The third-order valence-electron chi connectivity index (χ3n) is 3.66. The van der Waals surface area contributed by atoms with Crippen molar-refractivity contribution in [1.29, 1.82) is 0 Å². The molecule has 0 unspecified atom stereocenters. The van der Waals surface area contributed by atoms with E-state index in [2.05, 4.69) is 10.3 Å². The average molecular weight is 312 g/mol. The van der Waals surface area contributed by atoms with Crippen LogP contribution in [0.5, 0.6) is 17.2 Å². The number of phenols is 3. The fourth-order valence-electron chi connectivity index (χ4n) is 2.57. The Morgan fingerprint density at radius 3 is 2.52 bits per heavy atom. The van der Waals surface area contributed by atoms with Crippen molar-refractivity contribution in [1.82, 2.24) is 10.3 Å². The summed E-state index contributed by atoms with van der Waals surface area (Å²) in [7, 11) is 0. The minimum Gasteiger partial charge on any atom is -0.508 e. The summed E-state index contributed by atoms with van der Waals surface area (Å²) in [5.74, 6) is -1.84. The van der Waals surface area contributed by atoms with E-state index in [1.807, 2.05) is 30.5 Å². The molecule has 0 aliphatic carbocycles. The molecule has 118 valence electrons. The number of amides is 1. The first-order chi connectivity index (χ1) is 11.1. The summed E-state index contributed by atoms with van der Waals surface area (Å²) in [6.07, 6.45) is 2.50. The maximum absolute atomic E-state index is 12.1. The highest BCUT2D eigenvalue weighted by Crippen LogP contribution is 2.31. The molecule has 3 rings (SSSR count). The molecule has 0 radical (unpaired) electrons. The molecule has 0 aliphatic rings. The smallest absolute Gasteiger partial charge is 0.258 e. The van der Waals surface area contributed by atoms with E-state index < -0.39 is 17.4 Å². The first kappa shape index (κ1) is 14.8. The maximum atomic E-state index is 12.1. The van der Waals surface area contributed by atoms with Crippen LogP contribution in [0.3, 0.4) is 0 Å². The Morgan fingerprint density at radius 2 is 1.78 bits per heavy atom. The van der Waals surface area contributed by atoms with Crippen LogP contribution in [0, 0.1) is 0 Å². The number of fused-ring (bicyclic) bond motifs is 1. The molecule has 2 aromatic carbocycles. The average Bonchev–Trinajstić information content (AvgIpc) is 2.90. The summed E-state index contributed by atoms with van der Waals surface area (Å²) in [4.78, 5) is 15.2. The number of H-pyrrole nitrogens is 1. The number of carbonyl (C=O) groups excluding carboxylic acids is 1. The summed E-state index contributed by atoms with van der Waals surface area (Å²) in [5.41, 5.74) is 1.85. The molecule has 5 N–H and O–H groups in total. The predicted molar refractivity (Wildman–Crippen MR) is 85.8 cm³/mol. The summed E-state index contributed by atoms with van der Waals surface area (Å²) in [5, 5.41) is 32.4. The van der Waals surface area contributed by atoms with Gasteiger partial charge in [0.25, 0.3) is 5.91 Å². The highest BCUT2D eigenvalue weighted by Gasteiger charge is 2.17. The van der Waals surface area contributed by atoms with Gasteiger partial charge < -0.3 is 25.6 Å². The van der Waals surface area contributed by atoms with Gasteiger partial charge in [0.2, 0.25) is 0 Å². The summed E-state index contributed by atoms with van der Waals surface area (Å²) in [6, 6.07) is 9.89. The Hall–Kier alpha value is -3.15. The highest BCUT2D eigenvalue weighted by molar-refractivity contribution is 5.99. The molecule has 0 bridgehead atoms. The van der Waals surface area contributed by atoms with E-state index in [0.29, 0.717) is 13.0 Å². The number of para-hydroxylation sites is 1. The van der Waals surface area contributed by atoms with Crippen LogP contribution in [0.1, 0.15) is 15.9 Å². The minimum atomic E-state index is -0.597. The van der Waals surface area contributed by atoms with E-state index in [0.717, 1.165) is 28.6 Å². The van der Waals surface area contributed by atoms with Crippen molar-refractivity contribution in [2.24, 2.45) is 0 Å². The third kappa shape index (κ3) is 2.91. The zero-order valence-corrected chi connectivity index (χ0v) is 12.2. The molecule has 0 saturated carbocycles. The lowest BCUT2D eigenvalue weighted by molar-refractivity contribution is 0.0948. The molecule has 0 atom stereocenters. The van der Waals surface area contributed by atoms with Crippen molar-refractivity contribution in [3.63, 3.8) is 0 Å². The van der Waals surface area contributed by atoms with Gasteiger partial charge in [-0.15, -0.1) is 0 Å². The maximum Gasteiger partial charge on any atom is 0.258 e. The second-order valence-electron chi connectivity index (χ2n) is 5.22. The Labute approximate surface area is 132 Å². The van der Waals surface area contributed by atoms with Gasteiger partial charge in [-0.25, -0.2) is 0 Å². The fraction of sp³-hybridized carbons (Fsp3) is 0.118. The highest BCUT2D eigenvalue weighted by atomic mass is 16.3. The number of aromatic hydroxyl groups is 3. The normalized spacial score (nSPS) is 10.8. The molecule has 6 heteroatoms. The standard InChI is InChI=1S/C17H16N2O4/c20-11-7-14(21)16(15(22)8-11)17(23)18-6-5-10-9-19-13-4-2-1-3-12(10)13/h1-4,7-9,19-22H,5-6H2,(H,18,23). The third-order valence-corrected chi connectivity index (χ3v) is 3.66. The summed E-state index contributed by atoms with van der Waals surface area (Å²) < 4.78 is 0.